The number of hydrogen-bond acceptors (Lipinski definition) is 2. The largest absolute Gasteiger partial charge is 0.481 e. The van der Waals surface area contributed by atoms with Crippen LogP contribution in [0.25, 0.3) is 0 Å². The van der Waals surface area contributed by atoms with Crippen LogP contribution in [0.2, 0.25) is 0 Å². The highest BCUT2D eigenvalue weighted by Gasteiger charge is 2.62. The average molecular weight is 306 g/mol. The van der Waals surface area contributed by atoms with Crippen LogP contribution >= 0.6 is 0 Å². The van der Waals surface area contributed by atoms with Crippen LogP contribution in [-0.4, -0.2) is 22.8 Å². The van der Waals surface area contributed by atoms with E-state index in [0.717, 1.165) is 51.4 Å². The van der Waals surface area contributed by atoms with E-state index in [1.54, 1.807) is 0 Å². The molecule has 0 aromatic heterocycles. The average Bonchev–Trinajstić information content (AvgIpc) is 2.46. The summed E-state index contributed by atoms with van der Waals surface area (Å²) in [6.45, 7) is 8.68. The molecule has 3 aliphatic carbocycles. The summed E-state index contributed by atoms with van der Waals surface area (Å²) in [4.78, 5) is 12.0. The van der Waals surface area contributed by atoms with Crippen LogP contribution in [0.4, 0.5) is 0 Å². The molecular weight excluding hydrogens is 276 g/mol. The van der Waals surface area contributed by atoms with Gasteiger partial charge in [-0.3, -0.25) is 4.79 Å². The number of rotatable bonds is 2. The summed E-state index contributed by atoms with van der Waals surface area (Å²) in [5.41, 5.74) is 0.678. The van der Waals surface area contributed by atoms with Crippen molar-refractivity contribution < 1.29 is 15.0 Å². The van der Waals surface area contributed by atoms with E-state index in [9.17, 15) is 15.0 Å². The molecule has 3 nitrogen and oxygen atoms in total. The van der Waals surface area contributed by atoms with E-state index in [1.807, 2.05) is 6.92 Å². The Labute approximate surface area is 133 Å². The lowest BCUT2D eigenvalue weighted by molar-refractivity contribution is -0.185. The van der Waals surface area contributed by atoms with Gasteiger partial charge in [0.15, 0.2) is 0 Å². The molecule has 0 aromatic rings. The second-order valence-electron chi connectivity index (χ2n) is 8.71. The van der Waals surface area contributed by atoms with Crippen LogP contribution in [-0.2, 0) is 4.79 Å². The maximum absolute atomic E-state index is 12.0. The van der Waals surface area contributed by atoms with Crippen LogP contribution in [0.3, 0.4) is 0 Å². The van der Waals surface area contributed by atoms with Gasteiger partial charge in [-0.15, -0.1) is 0 Å². The van der Waals surface area contributed by atoms with E-state index in [2.05, 4.69) is 13.5 Å². The molecule has 22 heavy (non-hydrogen) atoms. The van der Waals surface area contributed by atoms with Crippen molar-refractivity contribution in [3.8, 4) is 0 Å². The molecule has 3 fully saturated rings. The first-order valence-corrected chi connectivity index (χ1v) is 8.79. The molecule has 0 aromatic carbocycles. The molecule has 0 aliphatic heterocycles. The first-order chi connectivity index (χ1) is 10.3. The Hall–Kier alpha value is -0.830. The summed E-state index contributed by atoms with van der Waals surface area (Å²) >= 11 is 0. The highest BCUT2D eigenvalue weighted by Crippen LogP contribution is 2.67. The highest BCUT2D eigenvalue weighted by atomic mass is 16.4. The Kier molecular flexibility index (Phi) is 3.71. The zero-order chi connectivity index (χ0) is 16.2. The fourth-order valence-electron chi connectivity index (χ4n) is 6.57. The van der Waals surface area contributed by atoms with Crippen molar-refractivity contribution in [2.75, 3.05) is 6.61 Å². The van der Waals surface area contributed by atoms with Crippen molar-refractivity contribution in [1.29, 1.82) is 0 Å². The van der Waals surface area contributed by atoms with Crippen molar-refractivity contribution in [1.82, 2.24) is 0 Å². The second kappa shape index (κ2) is 5.09. The van der Waals surface area contributed by atoms with Crippen molar-refractivity contribution in [2.45, 2.75) is 65.2 Å². The standard InChI is InChI=1S/C19H30O3/c1-13-5-6-15-17(2)8-4-9-18(3,16(21)22)14(17)7-10-19(15,11-13)12-20/h14-15,20H,1,4-12H2,2-3H3,(H,21,22). The minimum Gasteiger partial charge on any atom is -0.481 e. The fraction of sp³-hybridized carbons (Fsp3) is 0.842. The number of aliphatic hydroxyl groups excluding tert-OH is 1. The van der Waals surface area contributed by atoms with Gasteiger partial charge in [0.05, 0.1) is 5.41 Å². The molecule has 0 radical (unpaired) electrons. The maximum atomic E-state index is 12.0. The third-order valence-corrected chi connectivity index (χ3v) is 7.63. The third kappa shape index (κ3) is 2.01. The predicted molar refractivity (Wildman–Crippen MR) is 86.4 cm³/mol. The lowest BCUT2D eigenvalue weighted by atomic mass is 9.40. The van der Waals surface area contributed by atoms with Crippen LogP contribution in [0.15, 0.2) is 12.2 Å². The summed E-state index contributed by atoms with van der Waals surface area (Å²) in [5.74, 6) is 0.0515. The van der Waals surface area contributed by atoms with E-state index in [4.69, 9.17) is 0 Å². The summed E-state index contributed by atoms with van der Waals surface area (Å²) in [6, 6.07) is 0. The molecule has 0 saturated heterocycles. The number of aliphatic hydroxyl groups is 1. The van der Waals surface area contributed by atoms with Crippen molar-refractivity contribution in [3.63, 3.8) is 0 Å². The summed E-state index contributed by atoms with van der Waals surface area (Å²) in [6.07, 6.45) is 7.84. The second-order valence-corrected chi connectivity index (χ2v) is 8.71. The number of fused-ring (bicyclic) bond motifs is 3. The predicted octanol–water partition coefficient (Wildman–Crippen LogP) is 4.01. The molecule has 5 unspecified atom stereocenters. The molecule has 3 heteroatoms. The Morgan fingerprint density at radius 1 is 1.23 bits per heavy atom. The monoisotopic (exact) mass is 306 g/mol. The van der Waals surface area contributed by atoms with Gasteiger partial charge in [0.25, 0.3) is 0 Å². The highest BCUT2D eigenvalue weighted by molar-refractivity contribution is 5.75. The maximum Gasteiger partial charge on any atom is 0.309 e. The normalized spacial score (nSPS) is 48.4. The molecule has 3 rings (SSSR count). The Balaban J connectivity index is 2.02. The molecule has 0 bridgehead atoms. The minimum atomic E-state index is -0.625. The number of allylic oxidation sites excluding steroid dienone is 1. The van der Waals surface area contributed by atoms with E-state index in [0.29, 0.717) is 5.92 Å². The van der Waals surface area contributed by atoms with E-state index >= 15 is 0 Å². The zero-order valence-electron chi connectivity index (χ0n) is 14.0. The zero-order valence-corrected chi connectivity index (χ0v) is 14.0. The van der Waals surface area contributed by atoms with Gasteiger partial charge in [0, 0.05) is 12.0 Å². The quantitative estimate of drug-likeness (QED) is 0.758. The topological polar surface area (TPSA) is 57.5 Å². The van der Waals surface area contributed by atoms with Crippen LogP contribution in [0.5, 0.6) is 0 Å². The van der Waals surface area contributed by atoms with Crippen LogP contribution < -0.4 is 0 Å². The summed E-state index contributed by atoms with van der Waals surface area (Å²) in [5, 5.41) is 20.0. The number of carboxylic acid groups (broad SMARTS) is 1. The Morgan fingerprint density at radius 2 is 1.95 bits per heavy atom. The molecule has 5 atom stereocenters. The number of hydrogen-bond donors (Lipinski definition) is 2. The van der Waals surface area contributed by atoms with Gasteiger partial charge in [0.1, 0.15) is 0 Å². The number of carboxylic acids is 1. The third-order valence-electron chi connectivity index (χ3n) is 7.63. The molecule has 0 amide bonds. The van der Waals surface area contributed by atoms with Gasteiger partial charge < -0.3 is 10.2 Å². The van der Waals surface area contributed by atoms with Gasteiger partial charge in [-0.2, -0.15) is 0 Å². The number of carbonyl (C=O) groups is 1. The fourth-order valence-corrected chi connectivity index (χ4v) is 6.57. The Bertz CT molecular complexity index is 499. The lowest BCUT2D eigenvalue weighted by Gasteiger charge is -2.64. The van der Waals surface area contributed by atoms with Crippen molar-refractivity contribution in [3.05, 3.63) is 12.2 Å². The minimum absolute atomic E-state index is 0.0443. The molecule has 3 aliphatic rings. The molecule has 2 N–H and O–H groups in total. The van der Waals surface area contributed by atoms with Gasteiger partial charge in [-0.25, -0.2) is 0 Å². The summed E-state index contributed by atoms with van der Waals surface area (Å²) < 4.78 is 0. The van der Waals surface area contributed by atoms with Gasteiger partial charge in [-0.1, -0.05) is 25.5 Å². The molecule has 0 heterocycles. The SMILES string of the molecule is C=C1CCC2C(CO)(CCC3C(C)(C(=O)O)CCCC23C)C1. The van der Waals surface area contributed by atoms with Crippen molar-refractivity contribution >= 4 is 5.97 Å². The van der Waals surface area contributed by atoms with Crippen LogP contribution in [0.1, 0.15) is 65.2 Å². The summed E-state index contributed by atoms with van der Waals surface area (Å²) in [7, 11) is 0. The molecular formula is C19H30O3. The lowest BCUT2D eigenvalue weighted by Crippen LogP contribution is -2.59. The van der Waals surface area contributed by atoms with E-state index in [1.165, 1.54) is 5.57 Å². The van der Waals surface area contributed by atoms with Crippen molar-refractivity contribution in [2.24, 2.45) is 28.1 Å². The molecule has 3 saturated carbocycles. The smallest absolute Gasteiger partial charge is 0.309 e. The number of aliphatic carboxylic acids is 1. The molecule has 0 spiro atoms. The Morgan fingerprint density at radius 3 is 2.59 bits per heavy atom. The van der Waals surface area contributed by atoms with Gasteiger partial charge in [-0.05, 0) is 69.1 Å². The first-order valence-electron chi connectivity index (χ1n) is 8.79. The van der Waals surface area contributed by atoms with E-state index in [-0.39, 0.29) is 23.4 Å². The molecule has 124 valence electrons. The first kappa shape index (κ1) is 16.0. The van der Waals surface area contributed by atoms with Gasteiger partial charge in [0.2, 0.25) is 0 Å². The van der Waals surface area contributed by atoms with E-state index < -0.39 is 11.4 Å². The van der Waals surface area contributed by atoms with Crippen LogP contribution in [0, 0.1) is 28.1 Å². The van der Waals surface area contributed by atoms with Gasteiger partial charge >= 0.3 is 5.97 Å².